The Morgan fingerprint density at radius 1 is 1.48 bits per heavy atom. The van der Waals surface area contributed by atoms with E-state index in [1.165, 1.54) is 17.1 Å². The highest BCUT2D eigenvalue weighted by atomic mass is 16.6. The van der Waals surface area contributed by atoms with Crippen molar-refractivity contribution in [3.63, 3.8) is 0 Å². The molecule has 0 aliphatic rings. The maximum absolute atomic E-state index is 11.6. The maximum Gasteiger partial charge on any atom is 0.306 e. The Hall–Kier alpha value is -1.96. The molecule has 0 aliphatic carbocycles. The number of nitro groups is 1. The highest BCUT2D eigenvalue weighted by Gasteiger charge is 2.09. The summed E-state index contributed by atoms with van der Waals surface area (Å²) >= 11 is 0. The van der Waals surface area contributed by atoms with Gasteiger partial charge >= 0.3 is 5.69 Å². The highest BCUT2D eigenvalue weighted by molar-refractivity contribution is 5.75. The van der Waals surface area contributed by atoms with E-state index in [-0.39, 0.29) is 18.0 Å². The largest absolute Gasteiger partial charge is 0.356 e. The molecule has 0 saturated heterocycles. The van der Waals surface area contributed by atoms with Gasteiger partial charge < -0.3 is 10.2 Å². The van der Waals surface area contributed by atoms with Crippen LogP contribution in [0.4, 0.5) is 5.69 Å². The molecule has 0 radical (unpaired) electrons. The SMILES string of the molecule is CCN(CC)CCCNC(=O)CCn1cc([N+](=O)[O-])cn1. The van der Waals surface area contributed by atoms with Crippen molar-refractivity contribution >= 4 is 11.6 Å². The first-order valence-electron chi connectivity index (χ1n) is 7.22. The van der Waals surface area contributed by atoms with Crippen LogP contribution in [0, 0.1) is 10.1 Å². The average molecular weight is 297 g/mol. The third-order valence-corrected chi connectivity index (χ3v) is 3.27. The van der Waals surface area contributed by atoms with Crippen LogP contribution in [-0.4, -0.2) is 51.7 Å². The molecule has 1 rings (SSSR count). The van der Waals surface area contributed by atoms with Gasteiger partial charge in [-0.25, -0.2) is 0 Å². The number of rotatable bonds is 10. The van der Waals surface area contributed by atoms with E-state index in [4.69, 9.17) is 0 Å². The van der Waals surface area contributed by atoms with Crippen LogP contribution < -0.4 is 5.32 Å². The molecule has 1 aromatic rings. The molecule has 0 unspecified atom stereocenters. The third kappa shape index (κ3) is 6.35. The fourth-order valence-electron chi connectivity index (χ4n) is 1.94. The molecule has 0 bridgehead atoms. The number of carbonyl (C=O) groups excluding carboxylic acids is 1. The first-order valence-corrected chi connectivity index (χ1v) is 7.22. The monoisotopic (exact) mass is 297 g/mol. The number of aryl methyl sites for hydroxylation is 1. The minimum Gasteiger partial charge on any atom is -0.356 e. The predicted octanol–water partition coefficient (Wildman–Crippen LogP) is 1.03. The molecule has 0 aromatic carbocycles. The smallest absolute Gasteiger partial charge is 0.306 e. The van der Waals surface area contributed by atoms with Gasteiger partial charge in [0.15, 0.2) is 0 Å². The highest BCUT2D eigenvalue weighted by Crippen LogP contribution is 2.07. The fourth-order valence-corrected chi connectivity index (χ4v) is 1.94. The average Bonchev–Trinajstić information content (AvgIpc) is 2.94. The Balaban J connectivity index is 2.17. The van der Waals surface area contributed by atoms with Gasteiger partial charge in [0.25, 0.3) is 0 Å². The first kappa shape index (κ1) is 17.1. The Bertz CT molecular complexity index is 456. The second-order valence-corrected chi connectivity index (χ2v) is 4.70. The van der Waals surface area contributed by atoms with Crippen molar-refractivity contribution in [2.24, 2.45) is 0 Å². The molecule has 0 atom stereocenters. The van der Waals surface area contributed by atoms with Crippen molar-refractivity contribution in [3.05, 3.63) is 22.5 Å². The quantitative estimate of drug-likeness (QED) is 0.395. The van der Waals surface area contributed by atoms with Crippen LogP contribution in [0.5, 0.6) is 0 Å². The van der Waals surface area contributed by atoms with Gasteiger partial charge in [-0.15, -0.1) is 0 Å². The lowest BCUT2D eigenvalue weighted by atomic mass is 10.3. The molecule has 8 nitrogen and oxygen atoms in total. The fraction of sp³-hybridized carbons (Fsp3) is 0.692. The lowest BCUT2D eigenvalue weighted by Gasteiger charge is -2.17. The lowest BCUT2D eigenvalue weighted by Crippen LogP contribution is -2.30. The van der Waals surface area contributed by atoms with E-state index in [0.717, 1.165) is 26.1 Å². The Labute approximate surface area is 124 Å². The van der Waals surface area contributed by atoms with Gasteiger partial charge in [-0.2, -0.15) is 5.10 Å². The second kappa shape index (κ2) is 9.06. The van der Waals surface area contributed by atoms with Crippen molar-refractivity contribution in [2.75, 3.05) is 26.2 Å². The molecule has 1 N–H and O–H groups in total. The second-order valence-electron chi connectivity index (χ2n) is 4.70. The van der Waals surface area contributed by atoms with Crippen molar-refractivity contribution in [2.45, 2.75) is 33.2 Å². The van der Waals surface area contributed by atoms with Gasteiger partial charge in [-0.3, -0.25) is 19.6 Å². The Morgan fingerprint density at radius 2 is 2.19 bits per heavy atom. The van der Waals surface area contributed by atoms with Crippen molar-refractivity contribution in [1.82, 2.24) is 20.0 Å². The molecule has 1 heterocycles. The minimum absolute atomic E-state index is 0.0605. The van der Waals surface area contributed by atoms with E-state index in [9.17, 15) is 14.9 Å². The molecule has 8 heteroatoms. The lowest BCUT2D eigenvalue weighted by molar-refractivity contribution is -0.385. The van der Waals surface area contributed by atoms with Gasteiger partial charge in [0.2, 0.25) is 5.91 Å². The van der Waals surface area contributed by atoms with Crippen molar-refractivity contribution in [1.29, 1.82) is 0 Å². The Kier molecular flexibility index (Phi) is 7.38. The first-order chi connectivity index (χ1) is 10.1. The summed E-state index contributed by atoms with van der Waals surface area (Å²) in [5.41, 5.74) is -0.0605. The zero-order valence-corrected chi connectivity index (χ0v) is 12.6. The summed E-state index contributed by atoms with van der Waals surface area (Å²) < 4.78 is 1.41. The van der Waals surface area contributed by atoms with Crippen LogP contribution in [0.3, 0.4) is 0 Å². The summed E-state index contributed by atoms with van der Waals surface area (Å²) in [6, 6.07) is 0. The zero-order valence-electron chi connectivity index (χ0n) is 12.6. The van der Waals surface area contributed by atoms with Gasteiger partial charge in [0, 0.05) is 19.5 Å². The van der Waals surface area contributed by atoms with Crippen LogP contribution in [0.15, 0.2) is 12.4 Å². The molecule has 118 valence electrons. The predicted molar refractivity (Wildman–Crippen MR) is 78.9 cm³/mol. The number of hydrogen-bond donors (Lipinski definition) is 1. The molecule has 0 fully saturated rings. The van der Waals surface area contributed by atoms with E-state index < -0.39 is 4.92 Å². The van der Waals surface area contributed by atoms with E-state index >= 15 is 0 Å². The van der Waals surface area contributed by atoms with Crippen LogP contribution in [0.2, 0.25) is 0 Å². The van der Waals surface area contributed by atoms with Gasteiger partial charge in [-0.05, 0) is 26.1 Å². The molecule has 0 aliphatic heterocycles. The number of carbonyl (C=O) groups is 1. The molecule has 1 aromatic heterocycles. The molecule has 0 saturated carbocycles. The van der Waals surface area contributed by atoms with E-state index in [0.29, 0.717) is 13.1 Å². The normalized spacial score (nSPS) is 10.8. The van der Waals surface area contributed by atoms with Crippen molar-refractivity contribution < 1.29 is 9.72 Å². The van der Waals surface area contributed by atoms with E-state index in [2.05, 4.69) is 29.2 Å². The number of hydrogen-bond acceptors (Lipinski definition) is 5. The number of nitrogens with one attached hydrogen (secondary N) is 1. The number of aromatic nitrogens is 2. The van der Waals surface area contributed by atoms with Crippen LogP contribution in [-0.2, 0) is 11.3 Å². The third-order valence-electron chi connectivity index (χ3n) is 3.27. The molecule has 1 amide bonds. The van der Waals surface area contributed by atoms with Gasteiger partial charge in [0.1, 0.15) is 12.4 Å². The Morgan fingerprint density at radius 3 is 2.76 bits per heavy atom. The molecule has 0 spiro atoms. The summed E-state index contributed by atoms with van der Waals surface area (Å²) in [7, 11) is 0. The zero-order chi connectivity index (χ0) is 15.7. The molecular formula is C13H23N5O3. The number of nitrogens with zero attached hydrogens (tertiary/aromatic N) is 4. The minimum atomic E-state index is -0.503. The van der Waals surface area contributed by atoms with Crippen LogP contribution in [0.1, 0.15) is 26.7 Å². The summed E-state index contributed by atoms with van der Waals surface area (Å²) in [5, 5.41) is 17.2. The summed E-state index contributed by atoms with van der Waals surface area (Å²) in [6.45, 7) is 8.23. The number of amides is 1. The molecular weight excluding hydrogens is 274 g/mol. The summed E-state index contributed by atoms with van der Waals surface area (Å²) in [5.74, 6) is -0.0623. The summed E-state index contributed by atoms with van der Waals surface area (Å²) in [4.78, 5) is 23.9. The molecule has 21 heavy (non-hydrogen) atoms. The standard InChI is InChI=1S/C13H23N5O3/c1-3-16(4-2)8-5-7-14-13(19)6-9-17-11-12(10-15-17)18(20)21/h10-11H,3-9H2,1-2H3,(H,14,19). The van der Waals surface area contributed by atoms with Crippen molar-refractivity contribution in [3.8, 4) is 0 Å². The van der Waals surface area contributed by atoms with E-state index in [1.807, 2.05) is 0 Å². The maximum atomic E-state index is 11.6. The van der Waals surface area contributed by atoms with Crippen LogP contribution in [0.25, 0.3) is 0 Å². The van der Waals surface area contributed by atoms with Crippen LogP contribution >= 0.6 is 0 Å². The van der Waals surface area contributed by atoms with Gasteiger partial charge in [-0.1, -0.05) is 13.8 Å². The topological polar surface area (TPSA) is 93.3 Å². The van der Waals surface area contributed by atoms with Gasteiger partial charge in [0.05, 0.1) is 4.92 Å². The summed E-state index contributed by atoms with van der Waals surface area (Å²) in [6.07, 6.45) is 3.69. The van der Waals surface area contributed by atoms with E-state index in [1.54, 1.807) is 0 Å².